The second-order valence-corrected chi connectivity index (χ2v) is 6.43. The van der Waals surface area contributed by atoms with Crippen molar-refractivity contribution in [2.45, 2.75) is 23.8 Å². The average molecular weight is 291 g/mol. The molecule has 0 saturated heterocycles. The molecule has 1 heterocycles. The topological polar surface area (TPSA) is 49.7 Å². The summed E-state index contributed by atoms with van der Waals surface area (Å²) >= 11 is 12.0. The van der Waals surface area contributed by atoms with Crippen LogP contribution >= 0.6 is 23.2 Å². The normalized spacial score (nSPS) is 21.4. The number of nitrogens with zero attached hydrogens (tertiary/aromatic N) is 2. The van der Waals surface area contributed by atoms with E-state index in [2.05, 4.69) is 4.40 Å². The van der Waals surface area contributed by atoms with Crippen LogP contribution in [0.3, 0.4) is 0 Å². The standard InChI is InChI=1S/C10H8Cl2N2O2S/c11-7-3-4-8-10(9(7)12)14(6-1-2-6)5-13-17(8,15)16/h3-6H,1-2H2. The maximum absolute atomic E-state index is 11.8. The lowest BCUT2D eigenvalue weighted by molar-refractivity contribution is 0.597. The van der Waals surface area contributed by atoms with E-state index in [0.717, 1.165) is 12.8 Å². The van der Waals surface area contributed by atoms with E-state index >= 15 is 0 Å². The average Bonchev–Trinajstić information content (AvgIpc) is 3.07. The van der Waals surface area contributed by atoms with Crippen molar-refractivity contribution in [2.75, 3.05) is 4.90 Å². The summed E-state index contributed by atoms with van der Waals surface area (Å²) in [5.74, 6) is 0. The van der Waals surface area contributed by atoms with Crippen molar-refractivity contribution in [3.8, 4) is 0 Å². The lowest BCUT2D eigenvalue weighted by Crippen LogP contribution is -2.29. The number of sulfonamides is 1. The fourth-order valence-corrected chi connectivity index (χ4v) is 3.33. The summed E-state index contributed by atoms with van der Waals surface area (Å²) in [6.45, 7) is 0. The lowest BCUT2D eigenvalue weighted by Gasteiger charge is -2.26. The predicted molar refractivity (Wildman–Crippen MR) is 67.6 cm³/mol. The second kappa shape index (κ2) is 3.60. The van der Waals surface area contributed by atoms with E-state index in [1.165, 1.54) is 18.5 Å². The molecule has 1 aliphatic carbocycles. The molecule has 7 heteroatoms. The van der Waals surface area contributed by atoms with Gasteiger partial charge in [0.2, 0.25) is 0 Å². The summed E-state index contributed by atoms with van der Waals surface area (Å²) < 4.78 is 27.2. The van der Waals surface area contributed by atoms with Gasteiger partial charge in [0.25, 0.3) is 10.0 Å². The molecule has 90 valence electrons. The zero-order chi connectivity index (χ0) is 12.2. The van der Waals surface area contributed by atoms with Gasteiger partial charge >= 0.3 is 0 Å². The van der Waals surface area contributed by atoms with Crippen molar-refractivity contribution in [1.82, 2.24) is 0 Å². The molecule has 0 atom stereocenters. The van der Waals surface area contributed by atoms with Crippen molar-refractivity contribution in [1.29, 1.82) is 0 Å². The summed E-state index contributed by atoms with van der Waals surface area (Å²) in [7, 11) is -3.64. The highest BCUT2D eigenvalue weighted by molar-refractivity contribution is 7.90. The van der Waals surface area contributed by atoms with Gasteiger partial charge in [-0.3, -0.25) is 0 Å². The minimum atomic E-state index is -3.64. The molecule has 3 rings (SSSR count). The van der Waals surface area contributed by atoms with Gasteiger partial charge in [0, 0.05) is 6.04 Å². The maximum atomic E-state index is 11.8. The van der Waals surface area contributed by atoms with Gasteiger partial charge in [0.05, 0.1) is 15.7 Å². The number of anilines is 1. The van der Waals surface area contributed by atoms with Gasteiger partial charge in [0.15, 0.2) is 0 Å². The number of hydrogen-bond donors (Lipinski definition) is 0. The van der Waals surface area contributed by atoms with E-state index in [4.69, 9.17) is 23.2 Å². The Bertz CT molecular complexity index is 623. The first kappa shape index (κ1) is 11.3. The third-order valence-electron chi connectivity index (χ3n) is 2.82. The van der Waals surface area contributed by atoms with Gasteiger partial charge in [-0.2, -0.15) is 8.42 Å². The highest BCUT2D eigenvalue weighted by Gasteiger charge is 2.36. The molecule has 1 aliphatic heterocycles. The summed E-state index contributed by atoms with van der Waals surface area (Å²) in [5.41, 5.74) is 0.455. The largest absolute Gasteiger partial charge is 0.326 e. The molecular weight excluding hydrogens is 283 g/mol. The quantitative estimate of drug-likeness (QED) is 0.799. The minimum absolute atomic E-state index is 0.126. The molecule has 0 N–H and O–H groups in total. The van der Waals surface area contributed by atoms with Crippen molar-refractivity contribution in [2.24, 2.45) is 4.40 Å². The third-order valence-corrected chi connectivity index (χ3v) is 4.87. The van der Waals surface area contributed by atoms with Crippen LogP contribution in [0.1, 0.15) is 12.8 Å². The van der Waals surface area contributed by atoms with E-state index in [1.54, 1.807) is 4.90 Å². The van der Waals surface area contributed by atoms with Crippen LogP contribution in [-0.4, -0.2) is 20.8 Å². The van der Waals surface area contributed by atoms with Crippen LogP contribution in [0.25, 0.3) is 0 Å². The predicted octanol–water partition coefficient (Wildman–Crippen LogP) is 2.69. The van der Waals surface area contributed by atoms with Crippen LogP contribution in [-0.2, 0) is 10.0 Å². The van der Waals surface area contributed by atoms with Crippen LogP contribution in [0, 0.1) is 0 Å². The first-order valence-corrected chi connectivity index (χ1v) is 7.27. The van der Waals surface area contributed by atoms with Crippen molar-refractivity contribution in [3.63, 3.8) is 0 Å². The molecule has 2 aliphatic rings. The number of hydrogen-bond acceptors (Lipinski definition) is 3. The number of rotatable bonds is 1. The summed E-state index contributed by atoms with van der Waals surface area (Å²) in [4.78, 5) is 1.92. The van der Waals surface area contributed by atoms with E-state index < -0.39 is 10.0 Å². The van der Waals surface area contributed by atoms with Gasteiger partial charge < -0.3 is 4.90 Å². The number of fused-ring (bicyclic) bond motifs is 1. The van der Waals surface area contributed by atoms with Crippen LogP contribution in [0.15, 0.2) is 21.4 Å². The third kappa shape index (κ3) is 1.73. The Hall–Kier alpha value is -0.780. The van der Waals surface area contributed by atoms with Crippen LogP contribution in [0.4, 0.5) is 5.69 Å². The Morgan fingerprint density at radius 2 is 2.00 bits per heavy atom. The zero-order valence-electron chi connectivity index (χ0n) is 8.60. The van der Waals surface area contributed by atoms with E-state index in [-0.39, 0.29) is 16.0 Å². The van der Waals surface area contributed by atoms with Gasteiger partial charge in [-0.05, 0) is 25.0 Å². The van der Waals surface area contributed by atoms with E-state index in [1.807, 2.05) is 0 Å². The van der Waals surface area contributed by atoms with E-state index in [9.17, 15) is 8.42 Å². The first-order valence-electron chi connectivity index (χ1n) is 5.07. The molecule has 0 radical (unpaired) electrons. The molecule has 1 aromatic rings. The first-order chi connectivity index (χ1) is 8.00. The maximum Gasteiger partial charge on any atom is 0.285 e. The number of benzene rings is 1. The Morgan fingerprint density at radius 3 is 2.65 bits per heavy atom. The highest BCUT2D eigenvalue weighted by atomic mass is 35.5. The van der Waals surface area contributed by atoms with E-state index in [0.29, 0.717) is 10.7 Å². The molecule has 0 bridgehead atoms. The van der Waals surface area contributed by atoms with Crippen molar-refractivity contribution < 1.29 is 8.42 Å². The Balaban J connectivity index is 2.29. The van der Waals surface area contributed by atoms with Crippen molar-refractivity contribution in [3.05, 3.63) is 22.2 Å². The summed E-state index contributed by atoms with van der Waals surface area (Å²) in [5, 5.41) is 0.618. The fourth-order valence-electron chi connectivity index (χ4n) is 1.83. The SMILES string of the molecule is O=S1(=O)N=CN(C2CC2)c2c1ccc(Cl)c2Cl. The van der Waals surface area contributed by atoms with Gasteiger partial charge in [-0.1, -0.05) is 23.2 Å². The van der Waals surface area contributed by atoms with Crippen LogP contribution in [0.5, 0.6) is 0 Å². The Labute approximate surface area is 109 Å². The molecule has 17 heavy (non-hydrogen) atoms. The van der Waals surface area contributed by atoms with Gasteiger partial charge in [-0.15, -0.1) is 4.40 Å². The second-order valence-electron chi connectivity index (χ2n) is 4.04. The smallest absolute Gasteiger partial charge is 0.285 e. The molecule has 4 nitrogen and oxygen atoms in total. The monoisotopic (exact) mass is 290 g/mol. The van der Waals surface area contributed by atoms with Gasteiger partial charge in [0.1, 0.15) is 11.2 Å². The van der Waals surface area contributed by atoms with Crippen LogP contribution < -0.4 is 4.90 Å². The molecule has 0 spiro atoms. The van der Waals surface area contributed by atoms with Gasteiger partial charge in [-0.25, -0.2) is 0 Å². The zero-order valence-corrected chi connectivity index (χ0v) is 10.9. The molecule has 1 aromatic carbocycles. The molecule has 0 amide bonds. The highest BCUT2D eigenvalue weighted by Crippen LogP contribution is 2.44. The van der Waals surface area contributed by atoms with Crippen molar-refractivity contribution >= 4 is 45.3 Å². The Morgan fingerprint density at radius 1 is 1.29 bits per heavy atom. The minimum Gasteiger partial charge on any atom is -0.326 e. The summed E-state index contributed by atoms with van der Waals surface area (Å²) in [6, 6.07) is 3.21. The molecule has 1 saturated carbocycles. The molecule has 0 aromatic heterocycles. The van der Waals surface area contributed by atoms with Crippen LogP contribution in [0.2, 0.25) is 10.0 Å². The summed E-state index contributed by atoms with van der Waals surface area (Å²) in [6.07, 6.45) is 3.35. The fraction of sp³-hybridized carbons (Fsp3) is 0.300. The Kier molecular flexibility index (Phi) is 2.40. The lowest BCUT2D eigenvalue weighted by atomic mass is 10.3. The molecule has 1 fully saturated rings. The molecular formula is C10H8Cl2N2O2S. The number of halogens is 2. The molecule has 0 unspecified atom stereocenters.